The van der Waals surface area contributed by atoms with E-state index in [9.17, 15) is 9.46 Å². The summed E-state index contributed by atoms with van der Waals surface area (Å²) >= 11 is 0. The molecule has 1 N–H and O–H groups in total. The van der Waals surface area contributed by atoms with Gasteiger partial charge in [0.05, 0.1) is 0 Å². The molecule has 5 heteroatoms. The van der Waals surface area contributed by atoms with Crippen molar-refractivity contribution in [3.8, 4) is 44.9 Å². The van der Waals surface area contributed by atoms with Crippen LogP contribution in [0.5, 0.6) is 11.5 Å². The summed E-state index contributed by atoms with van der Waals surface area (Å²) in [7, 11) is -4.56. The molecule has 45 heavy (non-hydrogen) atoms. The minimum absolute atomic E-state index is 0.471. The first kappa shape index (κ1) is 27.0. The molecule has 4 nitrogen and oxygen atoms in total. The van der Waals surface area contributed by atoms with Gasteiger partial charge in [0.15, 0.2) is 0 Å². The monoisotopic (exact) mass is 608 g/mol. The van der Waals surface area contributed by atoms with E-state index < -0.39 is 7.82 Å². The molecule has 0 saturated carbocycles. The van der Waals surface area contributed by atoms with Crippen molar-refractivity contribution in [1.29, 1.82) is 0 Å². The fourth-order valence-electron chi connectivity index (χ4n) is 7.88. The SMILES string of the molecule is O=P1(O)Oc2c(-c3ccc4ccccc4c3)cc3c(c2-c2c4c(cc(-c5ccc6ccccc6c5)c2O1)CCCC4)CCCC3. The number of hydrogen-bond acceptors (Lipinski definition) is 3. The molecule has 3 aliphatic rings. The molecule has 0 radical (unpaired) electrons. The highest BCUT2D eigenvalue weighted by atomic mass is 31.2. The van der Waals surface area contributed by atoms with Crippen LogP contribution in [0, 0.1) is 0 Å². The molecule has 0 aromatic heterocycles. The lowest BCUT2D eigenvalue weighted by Crippen LogP contribution is -2.10. The topological polar surface area (TPSA) is 55.8 Å². The smallest absolute Gasteiger partial charge is 0.394 e. The number of fused-ring (bicyclic) bond motifs is 9. The Balaban J connectivity index is 1.39. The van der Waals surface area contributed by atoms with Crippen LogP contribution in [0.3, 0.4) is 0 Å². The molecule has 1 aliphatic heterocycles. The molecular formula is C40H33O4P. The summed E-state index contributed by atoms with van der Waals surface area (Å²) in [6.45, 7) is 0. The third-order valence-electron chi connectivity index (χ3n) is 9.99. The van der Waals surface area contributed by atoms with Gasteiger partial charge in [-0.25, -0.2) is 4.57 Å². The Bertz CT molecular complexity index is 2080. The van der Waals surface area contributed by atoms with Gasteiger partial charge in [-0.1, -0.05) is 72.8 Å². The molecule has 0 amide bonds. The minimum Gasteiger partial charge on any atom is -0.394 e. The molecule has 0 spiro atoms. The summed E-state index contributed by atoms with van der Waals surface area (Å²) in [5.41, 5.74) is 10.6. The van der Waals surface area contributed by atoms with Crippen molar-refractivity contribution in [1.82, 2.24) is 0 Å². The summed E-state index contributed by atoms with van der Waals surface area (Å²) in [5.74, 6) is 0.942. The van der Waals surface area contributed by atoms with E-state index in [1.165, 1.54) is 22.3 Å². The van der Waals surface area contributed by atoms with E-state index in [1.54, 1.807) is 0 Å². The van der Waals surface area contributed by atoms with E-state index in [4.69, 9.17) is 9.05 Å². The average molecular weight is 609 g/mol. The Morgan fingerprint density at radius 2 is 0.933 bits per heavy atom. The number of aryl methyl sites for hydroxylation is 2. The normalized spacial score (nSPS) is 16.5. The van der Waals surface area contributed by atoms with Crippen LogP contribution in [0.4, 0.5) is 0 Å². The van der Waals surface area contributed by atoms with Gasteiger partial charge in [0.1, 0.15) is 11.5 Å². The second kappa shape index (κ2) is 10.3. The van der Waals surface area contributed by atoms with Crippen LogP contribution >= 0.6 is 7.82 Å². The highest BCUT2D eigenvalue weighted by molar-refractivity contribution is 7.48. The quantitative estimate of drug-likeness (QED) is 0.199. The first-order valence-corrected chi connectivity index (χ1v) is 17.6. The third-order valence-corrected chi connectivity index (χ3v) is 10.8. The van der Waals surface area contributed by atoms with Crippen LogP contribution in [0.15, 0.2) is 97.1 Å². The summed E-state index contributed by atoms with van der Waals surface area (Å²) in [6, 6.07) is 33.8. The highest BCUT2D eigenvalue weighted by Gasteiger charge is 2.40. The van der Waals surface area contributed by atoms with E-state index >= 15 is 0 Å². The molecule has 6 aromatic rings. The van der Waals surface area contributed by atoms with Gasteiger partial charge in [0.25, 0.3) is 0 Å². The maximum Gasteiger partial charge on any atom is 0.584 e. The fourth-order valence-corrected chi connectivity index (χ4v) is 8.76. The maximum absolute atomic E-state index is 14.0. The number of phosphoric acid groups is 1. The molecule has 9 rings (SSSR count). The largest absolute Gasteiger partial charge is 0.584 e. The van der Waals surface area contributed by atoms with Gasteiger partial charge in [-0.15, -0.1) is 0 Å². The first-order valence-electron chi connectivity index (χ1n) is 16.1. The summed E-state index contributed by atoms with van der Waals surface area (Å²) in [5, 5.41) is 4.55. The number of rotatable bonds is 2. The van der Waals surface area contributed by atoms with Crippen LogP contribution in [0.2, 0.25) is 0 Å². The first-order chi connectivity index (χ1) is 22.0. The molecule has 0 unspecified atom stereocenters. The Kier molecular flexibility index (Phi) is 6.20. The van der Waals surface area contributed by atoms with Gasteiger partial charge in [0.2, 0.25) is 0 Å². The third kappa shape index (κ3) is 4.50. The molecule has 0 saturated heterocycles. The van der Waals surface area contributed by atoms with E-state index in [0.717, 1.165) is 106 Å². The van der Waals surface area contributed by atoms with E-state index in [1.807, 2.05) is 24.3 Å². The summed E-state index contributed by atoms with van der Waals surface area (Å²) in [4.78, 5) is 11.5. The van der Waals surface area contributed by atoms with Crippen LogP contribution in [0.25, 0.3) is 54.9 Å². The Labute approximate surface area is 262 Å². The number of phosphoric ester groups is 1. The Hall–Kier alpha value is -4.37. The van der Waals surface area contributed by atoms with Gasteiger partial charge in [0, 0.05) is 22.3 Å². The predicted molar refractivity (Wildman–Crippen MR) is 182 cm³/mol. The van der Waals surface area contributed by atoms with E-state index in [-0.39, 0.29) is 0 Å². The van der Waals surface area contributed by atoms with Crippen molar-refractivity contribution in [2.24, 2.45) is 0 Å². The fraction of sp³-hybridized carbons (Fsp3) is 0.200. The zero-order valence-corrected chi connectivity index (χ0v) is 25.9. The van der Waals surface area contributed by atoms with E-state index in [0.29, 0.717) is 11.5 Å². The van der Waals surface area contributed by atoms with Gasteiger partial charge in [-0.05, 0) is 131 Å². The molecule has 6 aromatic carbocycles. The van der Waals surface area contributed by atoms with Crippen molar-refractivity contribution in [2.45, 2.75) is 51.4 Å². The second-order valence-corrected chi connectivity index (χ2v) is 14.0. The van der Waals surface area contributed by atoms with Crippen molar-refractivity contribution in [2.75, 3.05) is 0 Å². The average Bonchev–Trinajstić information content (AvgIpc) is 3.20. The van der Waals surface area contributed by atoms with Crippen LogP contribution in [-0.4, -0.2) is 4.89 Å². The summed E-state index contributed by atoms with van der Waals surface area (Å²) in [6.07, 6.45) is 8.17. The molecule has 0 bridgehead atoms. The van der Waals surface area contributed by atoms with Crippen molar-refractivity contribution < 1.29 is 18.5 Å². The lowest BCUT2D eigenvalue weighted by atomic mass is 9.77. The maximum atomic E-state index is 14.0. The lowest BCUT2D eigenvalue weighted by Gasteiger charge is -2.28. The van der Waals surface area contributed by atoms with Gasteiger partial charge in [-0.3, -0.25) is 4.89 Å². The van der Waals surface area contributed by atoms with Crippen molar-refractivity contribution in [3.63, 3.8) is 0 Å². The minimum atomic E-state index is -4.56. The van der Waals surface area contributed by atoms with Gasteiger partial charge < -0.3 is 9.05 Å². The van der Waals surface area contributed by atoms with Crippen LogP contribution in [-0.2, 0) is 30.2 Å². The van der Waals surface area contributed by atoms with Crippen molar-refractivity contribution in [3.05, 3.63) is 119 Å². The molecule has 1 heterocycles. The van der Waals surface area contributed by atoms with Crippen LogP contribution in [0.1, 0.15) is 47.9 Å². The zero-order valence-electron chi connectivity index (χ0n) is 25.0. The molecular weight excluding hydrogens is 575 g/mol. The standard InChI is InChI=1S/C40H33O4P/c41-45(42)43-39-35(31-19-17-25-9-1-3-11-27(25)21-31)23-29-13-5-7-15-33(29)37(39)38-34-16-8-6-14-30(34)24-36(40(38)44-45)32-20-18-26-10-2-4-12-28(26)22-32/h1-4,9-12,17-24H,5-8,13-16H2,(H,41,42). The summed E-state index contributed by atoms with van der Waals surface area (Å²) < 4.78 is 26.5. The molecule has 222 valence electrons. The molecule has 0 atom stereocenters. The highest BCUT2D eigenvalue weighted by Crippen LogP contribution is 2.61. The number of hydrogen-bond donors (Lipinski definition) is 1. The zero-order chi connectivity index (χ0) is 30.1. The van der Waals surface area contributed by atoms with Crippen LogP contribution < -0.4 is 9.05 Å². The van der Waals surface area contributed by atoms with Gasteiger partial charge >= 0.3 is 7.82 Å². The van der Waals surface area contributed by atoms with Gasteiger partial charge in [-0.2, -0.15) is 0 Å². The molecule has 0 fully saturated rings. The molecule has 2 aliphatic carbocycles. The van der Waals surface area contributed by atoms with Crippen molar-refractivity contribution >= 4 is 29.4 Å². The Morgan fingerprint density at radius 3 is 1.40 bits per heavy atom. The number of benzene rings is 6. The lowest BCUT2D eigenvalue weighted by molar-refractivity contribution is 0.295. The van der Waals surface area contributed by atoms with E-state index in [2.05, 4.69) is 72.8 Å². The predicted octanol–water partition coefficient (Wildman–Crippen LogP) is 10.6. The second-order valence-electron chi connectivity index (χ2n) is 12.7. The Morgan fingerprint density at radius 1 is 0.511 bits per heavy atom.